The third kappa shape index (κ3) is 23.2. The van der Waals surface area contributed by atoms with Gasteiger partial charge in [-0.25, -0.2) is 11.1 Å². The maximum Gasteiger partial charge on any atom is 0.196 e. The number of anilines is 1. The molecule has 0 radical (unpaired) electrons. The number of aromatic nitrogens is 6. The minimum atomic E-state index is -0.465. The molecule has 5 saturated heterocycles. The lowest BCUT2D eigenvalue weighted by Crippen LogP contribution is -2.41. The van der Waals surface area contributed by atoms with Gasteiger partial charge in [-0.3, -0.25) is 39.4 Å². The Kier molecular flexibility index (Phi) is 33.3. The van der Waals surface area contributed by atoms with Crippen LogP contribution in [0, 0.1) is 11.1 Å². The summed E-state index contributed by atoms with van der Waals surface area (Å²) in [6, 6.07) is 44.3. The lowest BCUT2D eigenvalue weighted by atomic mass is 9.90. The van der Waals surface area contributed by atoms with Crippen LogP contribution in [0.25, 0.3) is 33.5 Å². The minimum Gasteiger partial charge on any atom is -0.364 e. The standard InChI is InChI=1S/C19H19ClN2OS2.C18H17ClN4S.C18H17ClN2OS2.C15H10ClNOS2.C4H9NS.H2N2.H2/c1-24-19(22-10-12-25-13-11-22)17(14-6-8-21-9-7-14)18(23)15-2-4-16(20)5-3-15;19-15-3-1-14(2-4-15)17-16(13-5-7-20-8-6-13)18(22-21-17)23-9-11-24-12-10-23;19-15-3-1-14(2-4-15)17(22)16(13-5-7-20-8-6-13)18(23)21-9-11-24-12-10-21;16-12-3-1-11(2-4-12)14(18)13(15-19-9-20-15)10-5-7-17-8-6-10;1-3-6-4-2-5-1;1-2;/h2-9H,10-13H2,1H3;1-8H,9-12H2,(H,21,22);1-8,16H,9-12H2;1-8H,9H2;5H,1-4H2;1-2H;1H/b19-17-;;;;;;. The second-order valence-electron chi connectivity index (χ2n) is 22.2. The number of pyridine rings is 4. The Labute approximate surface area is 647 Å². The molecular weight excluding hydrogens is 1500 g/mol. The Hall–Kier alpha value is -6.16. The van der Waals surface area contributed by atoms with E-state index in [0.29, 0.717) is 36.7 Å². The molecule has 4 aromatic carbocycles. The molecule has 15 nitrogen and oxygen atoms in total. The van der Waals surface area contributed by atoms with Crippen LogP contribution in [0.5, 0.6) is 0 Å². The summed E-state index contributed by atoms with van der Waals surface area (Å²) < 4.78 is 1.08. The number of hydrogen-bond donors (Lipinski definition) is 4. The molecule has 101 heavy (non-hydrogen) atoms. The Morgan fingerprint density at radius 2 is 0.931 bits per heavy atom. The number of Topliss-reactive ketones (excluding diaryl/α,β-unsaturated/α-hetero) is 3. The van der Waals surface area contributed by atoms with Gasteiger partial charge in [-0.05, 0) is 162 Å². The van der Waals surface area contributed by atoms with Gasteiger partial charge in [-0.2, -0.15) is 52.1 Å². The molecule has 0 amide bonds. The number of aromatic amines is 1. The summed E-state index contributed by atoms with van der Waals surface area (Å²) in [5.41, 5.74) is 20.5. The first kappa shape index (κ1) is 79.0. The first-order valence-corrected chi connectivity index (χ1v) is 41.9. The molecule has 5 fully saturated rings. The van der Waals surface area contributed by atoms with E-state index in [-0.39, 0.29) is 18.8 Å². The molecule has 27 heteroatoms. The predicted molar refractivity (Wildman–Crippen MR) is 440 cm³/mol. The van der Waals surface area contributed by atoms with Gasteiger partial charge in [-0.1, -0.05) is 70.8 Å². The number of halogens is 4. The van der Waals surface area contributed by atoms with E-state index in [1.807, 2.05) is 138 Å². The number of allylic oxidation sites excluding steroid dienone is 2. The number of thioether (sulfide) groups is 7. The van der Waals surface area contributed by atoms with Crippen LogP contribution in [0.1, 0.15) is 55.1 Å². The highest BCUT2D eigenvalue weighted by atomic mass is 35.5. The molecule has 5 aliphatic heterocycles. The van der Waals surface area contributed by atoms with Crippen molar-refractivity contribution in [1.29, 1.82) is 11.1 Å². The number of carbonyl (C=O) groups excluding carboxylic acids is 3. The minimum absolute atomic E-state index is 0. The van der Waals surface area contributed by atoms with E-state index < -0.39 is 5.92 Å². The maximum atomic E-state index is 13.3. The molecule has 5 aromatic heterocycles. The molecule has 0 saturated carbocycles. The molecule has 0 aliphatic carbocycles. The second kappa shape index (κ2) is 42.6. The molecule has 0 spiro atoms. The third-order valence-electron chi connectivity index (χ3n) is 15.9. The van der Waals surface area contributed by atoms with E-state index in [2.05, 4.69) is 50.1 Å². The van der Waals surface area contributed by atoms with Gasteiger partial charge in [0.25, 0.3) is 0 Å². The number of rotatable bonds is 15. The SMILES string of the molecule is C1CSCCN1.CS/C(=C(\C(=O)c1ccc(Cl)cc1)c1ccncc1)N1CCSCC1.Clc1ccc(-c2[nH]nc(N3CCSCC3)c2-c2ccncc2)cc1.N=N.O=C(C(=C1SCS1)c1ccncc1)c1ccc(Cl)cc1.O=C(c1ccc(Cl)cc1)C(C(=S)N1CCSCC1)c1ccncc1.[HH]. The van der Waals surface area contributed by atoms with Gasteiger partial charge in [0.05, 0.1) is 37.0 Å². The summed E-state index contributed by atoms with van der Waals surface area (Å²) in [5.74, 6) is 9.74. The second-order valence-corrected chi connectivity index (χ2v) is 32.7. The van der Waals surface area contributed by atoms with E-state index in [1.54, 1.807) is 145 Å². The number of H-pyrrole nitrogens is 1. The molecule has 9 aromatic rings. The van der Waals surface area contributed by atoms with Crippen LogP contribution in [0.3, 0.4) is 0 Å². The quantitative estimate of drug-likeness (QED) is 0.0326. The number of hydrogen-bond acceptors (Lipinski definition) is 21. The van der Waals surface area contributed by atoms with Gasteiger partial charge < -0.3 is 20.0 Å². The average molecular weight is 1580 g/mol. The first-order chi connectivity index (χ1) is 49.4. The molecule has 0 bridgehead atoms. The van der Waals surface area contributed by atoms with Crippen molar-refractivity contribution in [2.45, 2.75) is 5.92 Å². The number of carbonyl (C=O) groups is 3. The zero-order valence-electron chi connectivity index (χ0n) is 55.2. The summed E-state index contributed by atoms with van der Waals surface area (Å²) in [6.07, 6.45) is 16.0. The monoisotopic (exact) mass is 1580 g/mol. The fourth-order valence-corrected chi connectivity index (χ4v) is 17.7. The topological polar surface area (TPSA) is 201 Å². The zero-order valence-corrected chi connectivity index (χ0v) is 64.7. The van der Waals surface area contributed by atoms with Crippen LogP contribution >= 0.6 is 141 Å². The van der Waals surface area contributed by atoms with Gasteiger partial charge in [0.15, 0.2) is 23.2 Å². The van der Waals surface area contributed by atoms with Crippen molar-refractivity contribution >= 4 is 180 Å². The van der Waals surface area contributed by atoms with Crippen LogP contribution in [-0.2, 0) is 0 Å². The van der Waals surface area contributed by atoms with Crippen LogP contribution < -0.4 is 10.2 Å². The number of ketones is 3. The zero-order chi connectivity index (χ0) is 71.1. The van der Waals surface area contributed by atoms with E-state index in [4.69, 9.17) is 69.7 Å². The van der Waals surface area contributed by atoms with Crippen LogP contribution in [0.15, 0.2) is 204 Å². The lowest BCUT2D eigenvalue weighted by Gasteiger charge is -2.32. The lowest BCUT2D eigenvalue weighted by molar-refractivity contribution is 0.0978. The Morgan fingerprint density at radius 3 is 1.39 bits per heavy atom. The third-order valence-corrected chi connectivity index (χ3v) is 24.6. The summed E-state index contributed by atoms with van der Waals surface area (Å²) in [5, 5.41) is 15.8. The molecule has 10 heterocycles. The van der Waals surface area contributed by atoms with Gasteiger partial charge in [0.1, 0.15) is 0 Å². The van der Waals surface area contributed by atoms with Crippen molar-refractivity contribution in [2.75, 3.05) is 115 Å². The van der Waals surface area contributed by atoms with Crippen LogP contribution in [-0.4, -0.2) is 172 Å². The summed E-state index contributed by atoms with van der Waals surface area (Å²) in [4.78, 5) is 63.1. The van der Waals surface area contributed by atoms with Crippen molar-refractivity contribution in [3.8, 4) is 22.4 Å². The first-order valence-electron chi connectivity index (χ1n) is 32.1. The van der Waals surface area contributed by atoms with Gasteiger partial charge in [0, 0.05) is 202 Å². The van der Waals surface area contributed by atoms with Crippen molar-refractivity contribution in [3.05, 3.63) is 258 Å². The molecule has 4 N–H and O–H groups in total. The van der Waals surface area contributed by atoms with Crippen LogP contribution in [0.4, 0.5) is 5.82 Å². The Morgan fingerprint density at radius 1 is 0.505 bits per heavy atom. The van der Waals surface area contributed by atoms with E-state index in [9.17, 15) is 14.4 Å². The fraction of sp³-hybridized carbons (Fsp3) is 0.257. The highest BCUT2D eigenvalue weighted by Gasteiger charge is 2.32. The molecular formula is C74H76Cl4N12O3S8. The summed E-state index contributed by atoms with van der Waals surface area (Å²) >= 11 is 42.5. The van der Waals surface area contributed by atoms with E-state index >= 15 is 0 Å². The fourth-order valence-electron chi connectivity index (χ4n) is 10.8. The molecule has 14 rings (SSSR count). The van der Waals surface area contributed by atoms with Crippen molar-refractivity contribution in [2.24, 2.45) is 0 Å². The highest BCUT2D eigenvalue weighted by molar-refractivity contribution is 8.37. The van der Waals surface area contributed by atoms with Gasteiger partial charge in [0.2, 0.25) is 0 Å². The molecule has 5 aliphatic rings. The Balaban J connectivity index is 0.000000166. The molecule has 1 unspecified atom stereocenters. The Bertz CT molecular complexity index is 4130. The smallest absolute Gasteiger partial charge is 0.196 e. The number of benzene rings is 4. The largest absolute Gasteiger partial charge is 0.364 e. The van der Waals surface area contributed by atoms with E-state index in [0.717, 1.165) is 149 Å². The van der Waals surface area contributed by atoms with Crippen molar-refractivity contribution in [3.63, 3.8) is 0 Å². The molecule has 1 atom stereocenters. The summed E-state index contributed by atoms with van der Waals surface area (Å²) in [6.45, 7) is 8.17. The van der Waals surface area contributed by atoms with Gasteiger partial charge >= 0.3 is 0 Å². The number of nitrogens with one attached hydrogen (secondary N) is 4. The highest BCUT2D eigenvalue weighted by Crippen LogP contribution is 2.48. The number of nitrogens with zero attached hydrogens (tertiary/aromatic N) is 8. The molecule has 526 valence electrons. The van der Waals surface area contributed by atoms with E-state index in [1.165, 1.54) is 24.6 Å². The van der Waals surface area contributed by atoms with Crippen molar-refractivity contribution < 1.29 is 15.8 Å². The normalized spacial score (nSPS) is 15.3. The maximum absolute atomic E-state index is 13.3. The van der Waals surface area contributed by atoms with Crippen molar-refractivity contribution in [1.82, 2.24) is 45.2 Å². The van der Waals surface area contributed by atoms with Crippen LogP contribution in [0.2, 0.25) is 20.1 Å². The average Bonchev–Trinajstić information content (AvgIpc) is 1.46. The summed E-state index contributed by atoms with van der Waals surface area (Å²) in [7, 11) is 0. The van der Waals surface area contributed by atoms with Gasteiger partial charge in [-0.15, -0.1) is 35.3 Å². The number of thiocarbonyl (C=S) groups is 1. The predicted octanol–water partition coefficient (Wildman–Crippen LogP) is 19.0.